The van der Waals surface area contributed by atoms with Crippen LogP contribution in [0.3, 0.4) is 0 Å². The van der Waals surface area contributed by atoms with Crippen LogP contribution in [-0.4, -0.2) is 57.8 Å². The molecule has 1 aliphatic heterocycles. The maximum absolute atomic E-state index is 12.7. The van der Waals surface area contributed by atoms with Gasteiger partial charge in [-0.3, -0.25) is 9.59 Å². The van der Waals surface area contributed by atoms with Crippen LogP contribution in [0.4, 0.5) is 0 Å². The molecule has 1 N–H and O–H groups in total. The molecule has 140 valence electrons. The Kier molecular flexibility index (Phi) is 4.66. The number of hydrogen-bond donors (Lipinski definition) is 1. The second-order valence-electron chi connectivity index (χ2n) is 6.82. The molecule has 0 saturated carbocycles. The van der Waals surface area contributed by atoms with Gasteiger partial charge in [-0.25, -0.2) is 4.98 Å². The highest BCUT2D eigenvalue weighted by Gasteiger charge is 2.23. The average Bonchev–Trinajstić information content (AvgIpc) is 3.23. The number of aromatic amines is 1. The summed E-state index contributed by atoms with van der Waals surface area (Å²) < 4.78 is 5.55. The fraction of sp³-hybridized carbons (Fsp3) is 0.350. The Morgan fingerprint density at radius 2 is 1.96 bits per heavy atom. The summed E-state index contributed by atoms with van der Waals surface area (Å²) in [6, 6.07) is 9.27. The first-order valence-corrected chi connectivity index (χ1v) is 9.16. The summed E-state index contributed by atoms with van der Waals surface area (Å²) in [7, 11) is 0. The Morgan fingerprint density at radius 3 is 2.78 bits per heavy atom. The number of aromatic nitrogens is 2. The predicted octanol–water partition coefficient (Wildman–Crippen LogP) is 2.38. The van der Waals surface area contributed by atoms with Gasteiger partial charge in [-0.05, 0) is 36.2 Å². The molecule has 1 aliphatic rings. The van der Waals surface area contributed by atoms with Gasteiger partial charge in [0.25, 0.3) is 5.91 Å². The van der Waals surface area contributed by atoms with Crippen molar-refractivity contribution in [3.8, 4) is 0 Å². The number of hydrogen-bond acceptors (Lipinski definition) is 4. The van der Waals surface area contributed by atoms with Gasteiger partial charge >= 0.3 is 0 Å². The standard InChI is InChI=1S/C20H22N4O3/c1-14-22-16-6-5-15(12-18(16)27-14)13-19(25)23-8-3-9-24(11-10-23)20(26)17-4-2-7-21-17/h2,4-7,12,21H,3,8-11,13H2,1H3. The summed E-state index contributed by atoms with van der Waals surface area (Å²) >= 11 is 0. The second-order valence-corrected chi connectivity index (χ2v) is 6.82. The topological polar surface area (TPSA) is 82.4 Å². The molecule has 0 spiro atoms. The van der Waals surface area contributed by atoms with E-state index in [2.05, 4.69) is 9.97 Å². The number of H-pyrrole nitrogens is 1. The lowest BCUT2D eigenvalue weighted by molar-refractivity contribution is -0.130. The third kappa shape index (κ3) is 3.72. The minimum atomic E-state index is -0.0135. The van der Waals surface area contributed by atoms with Gasteiger partial charge in [0.1, 0.15) is 11.2 Å². The normalized spacial score (nSPS) is 15.1. The number of fused-ring (bicyclic) bond motifs is 1. The minimum Gasteiger partial charge on any atom is -0.441 e. The molecule has 0 atom stereocenters. The van der Waals surface area contributed by atoms with Crippen LogP contribution in [0.1, 0.15) is 28.4 Å². The molecule has 7 nitrogen and oxygen atoms in total. The zero-order chi connectivity index (χ0) is 18.8. The second kappa shape index (κ2) is 7.26. The molecular formula is C20H22N4O3. The Balaban J connectivity index is 1.39. The van der Waals surface area contributed by atoms with Crippen molar-refractivity contribution in [3.05, 3.63) is 53.7 Å². The van der Waals surface area contributed by atoms with Gasteiger partial charge < -0.3 is 19.2 Å². The Bertz CT molecular complexity index is 961. The van der Waals surface area contributed by atoms with Gasteiger partial charge in [0.15, 0.2) is 11.5 Å². The highest BCUT2D eigenvalue weighted by Crippen LogP contribution is 2.18. The summed E-state index contributed by atoms with van der Waals surface area (Å²) in [5.41, 5.74) is 3.01. The summed E-state index contributed by atoms with van der Waals surface area (Å²) in [5, 5.41) is 0. The molecule has 4 rings (SSSR count). The first kappa shape index (κ1) is 17.3. The monoisotopic (exact) mass is 366 g/mol. The molecule has 0 radical (unpaired) electrons. The quantitative estimate of drug-likeness (QED) is 0.772. The van der Waals surface area contributed by atoms with E-state index in [4.69, 9.17) is 4.42 Å². The van der Waals surface area contributed by atoms with Crippen LogP contribution in [0.15, 0.2) is 40.9 Å². The Hall–Kier alpha value is -3.09. The minimum absolute atomic E-state index is 0.0135. The largest absolute Gasteiger partial charge is 0.441 e. The molecular weight excluding hydrogens is 344 g/mol. The van der Waals surface area contributed by atoms with E-state index in [9.17, 15) is 9.59 Å². The van der Waals surface area contributed by atoms with Crippen molar-refractivity contribution in [1.29, 1.82) is 0 Å². The van der Waals surface area contributed by atoms with Gasteiger partial charge in [0.05, 0.1) is 6.42 Å². The van der Waals surface area contributed by atoms with Gasteiger partial charge in [-0.2, -0.15) is 0 Å². The van der Waals surface area contributed by atoms with Crippen molar-refractivity contribution in [1.82, 2.24) is 19.8 Å². The number of nitrogens with one attached hydrogen (secondary N) is 1. The highest BCUT2D eigenvalue weighted by molar-refractivity contribution is 5.92. The lowest BCUT2D eigenvalue weighted by Crippen LogP contribution is -2.38. The van der Waals surface area contributed by atoms with Crippen molar-refractivity contribution in [2.24, 2.45) is 0 Å². The number of benzene rings is 1. The predicted molar refractivity (Wildman–Crippen MR) is 100 cm³/mol. The number of carbonyl (C=O) groups is 2. The molecule has 1 saturated heterocycles. The number of oxazole rings is 1. The zero-order valence-electron chi connectivity index (χ0n) is 15.3. The number of aryl methyl sites for hydroxylation is 1. The van der Waals surface area contributed by atoms with Crippen LogP contribution in [0.5, 0.6) is 0 Å². The summed E-state index contributed by atoms with van der Waals surface area (Å²) in [5.74, 6) is 0.674. The van der Waals surface area contributed by atoms with E-state index in [1.165, 1.54) is 0 Å². The molecule has 2 amide bonds. The van der Waals surface area contributed by atoms with E-state index < -0.39 is 0 Å². The first-order chi connectivity index (χ1) is 13.1. The van der Waals surface area contributed by atoms with E-state index in [1.807, 2.05) is 41.0 Å². The van der Waals surface area contributed by atoms with E-state index in [1.54, 1.807) is 12.3 Å². The maximum atomic E-state index is 12.7. The van der Waals surface area contributed by atoms with Crippen LogP contribution in [0, 0.1) is 6.92 Å². The third-order valence-corrected chi connectivity index (χ3v) is 4.88. The van der Waals surface area contributed by atoms with Crippen molar-refractivity contribution in [2.75, 3.05) is 26.2 Å². The van der Waals surface area contributed by atoms with Gasteiger partial charge in [0.2, 0.25) is 5.91 Å². The third-order valence-electron chi connectivity index (χ3n) is 4.88. The molecule has 0 unspecified atom stereocenters. The molecule has 7 heteroatoms. The lowest BCUT2D eigenvalue weighted by Gasteiger charge is -2.22. The van der Waals surface area contributed by atoms with E-state index >= 15 is 0 Å². The molecule has 1 fully saturated rings. The van der Waals surface area contributed by atoms with E-state index in [0.29, 0.717) is 49.8 Å². The molecule has 1 aromatic carbocycles. The summed E-state index contributed by atoms with van der Waals surface area (Å²) in [6.07, 6.45) is 2.84. The average molecular weight is 366 g/mol. The fourth-order valence-electron chi connectivity index (χ4n) is 3.48. The molecule has 27 heavy (non-hydrogen) atoms. The highest BCUT2D eigenvalue weighted by atomic mass is 16.3. The van der Waals surface area contributed by atoms with Gasteiger partial charge in [-0.1, -0.05) is 6.07 Å². The Morgan fingerprint density at radius 1 is 1.15 bits per heavy atom. The molecule has 0 bridgehead atoms. The number of rotatable bonds is 3. The van der Waals surface area contributed by atoms with Crippen molar-refractivity contribution in [3.63, 3.8) is 0 Å². The van der Waals surface area contributed by atoms with Crippen LogP contribution >= 0.6 is 0 Å². The zero-order valence-corrected chi connectivity index (χ0v) is 15.3. The van der Waals surface area contributed by atoms with Crippen LogP contribution in [0.25, 0.3) is 11.1 Å². The molecule has 3 aromatic rings. The van der Waals surface area contributed by atoms with Crippen LogP contribution in [-0.2, 0) is 11.2 Å². The summed E-state index contributed by atoms with van der Waals surface area (Å²) in [4.78, 5) is 36.1. The number of nitrogens with zero attached hydrogens (tertiary/aromatic N) is 3. The van der Waals surface area contributed by atoms with Crippen LogP contribution < -0.4 is 0 Å². The number of carbonyl (C=O) groups excluding carboxylic acids is 2. The van der Waals surface area contributed by atoms with Gasteiger partial charge in [-0.15, -0.1) is 0 Å². The van der Waals surface area contributed by atoms with E-state index in [0.717, 1.165) is 17.5 Å². The fourth-order valence-corrected chi connectivity index (χ4v) is 3.48. The maximum Gasteiger partial charge on any atom is 0.270 e. The number of amides is 2. The molecule has 2 aromatic heterocycles. The Labute approximate surface area is 157 Å². The molecule has 3 heterocycles. The molecule has 0 aliphatic carbocycles. The smallest absolute Gasteiger partial charge is 0.270 e. The summed E-state index contributed by atoms with van der Waals surface area (Å²) in [6.45, 7) is 4.23. The first-order valence-electron chi connectivity index (χ1n) is 9.16. The van der Waals surface area contributed by atoms with Crippen molar-refractivity contribution >= 4 is 22.9 Å². The van der Waals surface area contributed by atoms with Crippen molar-refractivity contribution < 1.29 is 14.0 Å². The van der Waals surface area contributed by atoms with Gasteiger partial charge in [0, 0.05) is 39.3 Å². The van der Waals surface area contributed by atoms with Crippen LogP contribution in [0.2, 0.25) is 0 Å². The SMILES string of the molecule is Cc1nc2ccc(CC(=O)N3CCCN(C(=O)c4ccc[nH]4)CC3)cc2o1. The lowest BCUT2D eigenvalue weighted by atomic mass is 10.1. The van der Waals surface area contributed by atoms with E-state index in [-0.39, 0.29) is 11.8 Å². The van der Waals surface area contributed by atoms with Crippen molar-refractivity contribution in [2.45, 2.75) is 19.8 Å².